The Bertz CT molecular complexity index is 894. The topological polar surface area (TPSA) is 91.2 Å². The number of pyridine rings is 1. The molecule has 3 heterocycles. The number of hydrogen-bond acceptors (Lipinski definition) is 6. The van der Waals surface area contributed by atoms with Crippen LogP contribution in [-0.4, -0.2) is 32.7 Å². The molecule has 0 saturated heterocycles. The third kappa shape index (κ3) is 3.42. The molecule has 126 valence electrons. The molecule has 0 radical (unpaired) electrons. The molecule has 1 N–H and O–H groups in total. The summed E-state index contributed by atoms with van der Waals surface area (Å²) in [4.78, 5) is 16.1. The fraction of sp³-hybridized carbons (Fsp3) is 0.176. The van der Waals surface area contributed by atoms with Crippen LogP contribution in [0.1, 0.15) is 11.3 Å². The Hall–Kier alpha value is -3.42. The van der Waals surface area contributed by atoms with E-state index in [2.05, 4.69) is 20.6 Å². The zero-order valence-electron chi connectivity index (χ0n) is 13.3. The molecule has 1 aliphatic rings. The molecule has 1 amide bonds. The minimum Gasteiger partial charge on any atom is -0.454 e. The second-order valence-electron chi connectivity index (χ2n) is 5.50. The highest BCUT2D eigenvalue weighted by Crippen LogP contribution is 2.32. The Kier molecular flexibility index (Phi) is 3.99. The van der Waals surface area contributed by atoms with Crippen molar-refractivity contribution in [2.75, 3.05) is 6.79 Å². The Morgan fingerprint density at radius 2 is 2.00 bits per heavy atom. The largest absolute Gasteiger partial charge is 0.454 e. The first-order valence-electron chi connectivity index (χ1n) is 7.75. The highest BCUT2D eigenvalue weighted by Gasteiger charge is 2.14. The van der Waals surface area contributed by atoms with Crippen LogP contribution in [-0.2, 0) is 17.8 Å². The Morgan fingerprint density at radius 1 is 1.16 bits per heavy atom. The second kappa shape index (κ2) is 6.60. The number of nitrogens with one attached hydrogen (secondary N) is 1. The van der Waals surface area contributed by atoms with Gasteiger partial charge in [-0.05, 0) is 29.8 Å². The van der Waals surface area contributed by atoms with E-state index < -0.39 is 0 Å². The first-order chi connectivity index (χ1) is 12.3. The van der Waals surface area contributed by atoms with E-state index in [1.54, 1.807) is 23.3 Å². The summed E-state index contributed by atoms with van der Waals surface area (Å²) in [6.07, 6.45) is 5.40. The Morgan fingerprint density at radius 3 is 2.88 bits per heavy atom. The van der Waals surface area contributed by atoms with E-state index in [-0.39, 0.29) is 19.1 Å². The van der Waals surface area contributed by atoms with Gasteiger partial charge in [-0.1, -0.05) is 11.3 Å². The molecule has 0 saturated carbocycles. The summed E-state index contributed by atoms with van der Waals surface area (Å²) in [5, 5.41) is 10.9. The molecule has 0 unspecified atom stereocenters. The van der Waals surface area contributed by atoms with Crippen molar-refractivity contribution in [3.63, 3.8) is 0 Å². The molecule has 2 aromatic heterocycles. The first kappa shape index (κ1) is 15.1. The average molecular weight is 337 g/mol. The average Bonchev–Trinajstić information content (AvgIpc) is 3.30. The Balaban J connectivity index is 1.34. The highest BCUT2D eigenvalue weighted by molar-refractivity contribution is 5.78. The van der Waals surface area contributed by atoms with Gasteiger partial charge in [0, 0.05) is 12.4 Å². The number of benzene rings is 1. The molecular weight excluding hydrogens is 322 g/mol. The third-order valence-electron chi connectivity index (χ3n) is 3.74. The lowest BCUT2D eigenvalue weighted by atomic mass is 10.1. The fourth-order valence-electron chi connectivity index (χ4n) is 2.49. The highest BCUT2D eigenvalue weighted by atomic mass is 16.7. The molecule has 8 nitrogen and oxygen atoms in total. The van der Waals surface area contributed by atoms with Crippen LogP contribution in [0.2, 0.25) is 0 Å². The summed E-state index contributed by atoms with van der Waals surface area (Å²) in [6, 6.07) is 9.15. The summed E-state index contributed by atoms with van der Waals surface area (Å²) in [6.45, 7) is 0.534. The number of carbonyl (C=O) groups is 1. The zero-order chi connectivity index (χ0) is 17.1. The number of rotatable bonds is 5. The van der Waals surface area contributed by atoms with Crippen molar-refractivity contribution >= 4 is 5.91 Å². The monoisotopic (exact) mass is 337 g/mol. The smallest absolute Gasteiger partial charge is 0.231 e. The maximum absolute atomic E-state index is 12.1. The van der Waals surface area contributed by atoms with Gasteiger partial charge in [-0.25, -0.2) is 4.68 Å². The van der Waals surface area contributed by atoms with Crippen LogP contribution in [0.15, 0.2) is 48.9 Å². The van der Waals surface area contributed by atoms with E-state index in [0.29, 0.717) is 23.7 Å². The number of hydrogen-bond donors (Lipinski definition) is 1. The predicted molar refractivity (Wildman–Crippen MR) is 87.3 cm³/mol. The number of aromatic nitrogens is 4. The molecule has 25 heavy (non-hydrogen) atoms. The van der Waals surface area contributed by atoms with Gasteiger partial charge in [0.2, 0.25) is 12.7 Å². The van der Waals surface area contributed by atoms with Gasteiger partial charge in [-0.3, -0.25) is 9.78 Å². The Labute approximate surface area is 143 Å². The predicted octanol–water partition coefficient (Wildman–Crippen LogP) is 1.25. The summed E-state index contributed by atoms with van der Waals surface area (Å²) >= 11 is 0. The number of amides is 1. The molecular formula is C17H15N5O3. The molecule has 8 heteroatoms. The number of nitrogens with zero attached hydrogens (tertiary/aromatic N) is 4. The van der Waals surface area contributed by atoms with Gasteiger partial charge < -0.3 is 14.8 Å². The normalized spacial score (nSPS) is 12.2. The third-order valence-corrected chi connectivity index (χ3v) is 3.74. The molecule has 1 aromatic carbocycles. The van der Waals surface area contributed by atoms with Crippen LogP contribution >= 0.6 is 0 Å². The number of ether oxygens (including phenoxy) is 2. The van der Waals surface area contributed by atoms with Gasteiger partial charge in [0.1, 0.15) is 5.69 Å². The fourth-order valence-corrected chi connectivity index (χ4v) is 2.49. The van der Waals surface area contributed by atoms with Crippen molar-refractivity contribution in [3.05, 3.63) is 60.2 Å². The quantitative estimate of drug-likeness (QED) is 0.753. The summed E-state index contributed by atoms with van der Waals surface area (Å²) in [5.41, 5.74) is 2.40. The maximum atomic E-state index is 12.1. The molecule has 0 bridgehead atoms. The summed E-state index contributed by atoms with van der Waals surface area (Å²) in [7, 11) is 0. The van der Waals surface area contributed by atoms with Crippen molar-refractivity contribution in [3.8, 4) is 17.2 Å². The minimum absolute atomic E-state index is 0.0997. The number of fused-ring (bicyclic) bond motifs is 1. The molecule has 3 aromatic rings. The van der Waals surface area contributed by atoms with Crippen molar-refractivity contribution in [1.82, 2.24) is 25.3 Å². The van der Waals surface area contributed by atoms with Crippen molar-refractivity contribution in [2.24, 2.45) is 0 Å². The van der Waals surface area contributed by atoms with E-state index in [1.807, 2.05) is 30.3 Å². The lowest BCUT2D eigenvalue weighted by molar-refractivity contribution is -0.120. The van der Waals surface area contributed by atoms with Crippen molar-refractivity contribution in [2.45, 2.75) is 13.0 Å². The van der Waals surface area contributed by atoms with Crippen LogP contribution in [0.4, 0.5) is 0 Å². The molecule has 0 spiro atoms. The second-order valence-corrected chi connectivity index (χ2v) is 5.50. The summed E-state index contributed by atoms with van der Waals surface area (Å²) < 4.78 is 12.2. The van der Waals surface area contributed by atoms with Crippen molar-refractivity contribution in [1.29, 1.82) is 0 Å². The van der Waals surface area contributed by atoms with E-state index in [0.717, 1.165) is 11.3 Å². The van der Waals surface area contributed by atoms with Gasteiger partial charge in [-0.2, -0.15) is 0 Å². The molecule has 4 rings (SSSR count). The first-order valence-corrected chi connectivity index (χ1v) is 7.75. The molecule has 1 aliphatic heterocycles. The van der Waals surface area contributed by atoms with Gasteiger partial charge in [-0.15, -0.1) is 5.10 Å². The van der Waals surface area contributed by atoms with E-state index in [9.17, 15) is 4.79 Å². The van der Waals surface area contributed by atoms with E-state index >= 15 is 0 Å². The van der Waals surface area contributed by atoms with Gasteiger partial charge in [0.15, 0.2) is 11.5 Å². The minimum atomic E-state index is -0.0997. The van der Waals surface area contributed by atoms with Crippen LogP contribution in [0, 0.1) is 0 Å². The molecule has 0 atom stereocenters. The summed E-state index contributed by atoms with van der Waals surface area (Å²) in [5.74, 6) is 1.28. The van der Waals surface area contributed by atoms with Crippen LogP contribution in [0.5, 0.6) is 11.5 Å². The van der Waals surface area contributed by atoms with E-state index in [4.69, 9.17) is 9.47 Å². The standard InChI is InChI=1S/C17H15N5O3/c23-17(8-12-1-2-15-16(7-12)25-11-24-15)19-9-13-10-22(21-20-13)14-3-5-18-6-4-14/h1-7,10H,8-9,11H2,(H,19,23). The maximum Gasteiger partial charge on any atom is 0.231 e. The van der Waals surface area contributed by atoms with Gasteiger partial charge >= 0.3 is 0 Å². The van der Waals surface area contributed by atoms with Crippen LogP contribution in [0.25, 0.3) is 5.69 Å². The SMILES string of the molecule is O=C(Cc1ccc2c(c1)OCO2)NCc1cn(-c2ccncc2)nn1. The van der Waals surface area contributed by atoms with Gasteiger partial charge in [0.25, 0.3) is 0 Å². The lowest BCUT2D eigenvalue weighted by Gasteiger charge is -2.04. The molecule has 0 fully saturated rings. The van der Waals surface area contributed by atoms with E-state index in [1.165, 1.54) is 0 Å². The van der Waals surface area contributed by atoms with Crippen LogP contribution in [0.3, 0.4) is 0 Å². The zero-order valence-corrected chi connectivity index (χ0v) is 13.3. The number of carbonyl (C=O) groups excluding carboxylic acids is 1. The van der Waals surface area contributed by atoms with Crippen molar-refractivity contribution < 1.29 is 14.3 Å². The lowest BCUT2D eigenvalue weighted by Crippen LogP contribution is -2.24. The van der Waals surface area contributed by atoms with Gasteiger partial charge in [0.05, 0.1) is 24.8 Å². The molecule has 0 aliphatic carbocycles. The van der Waals surface area contributed by atoms with Crippen LogP contribution < -0.4 is 14.8 Å².